The molecule has 158 valence electrons. The van der Waals surface area contributed by atoms with E-state index in [1.807, 2.05) is 38.9 Å². The van der Waals surface area contributed by atoms with Crippen LogP contribution < -0.4 is 4.90 Å². The Kier molecular flexibility index (Phi) is 7.35. The van der Waals surface area contributed by atoms with Crippen LogP contribution in [0.1, 0.15) is 51.2 Å². The zero-order chi connectivity index (χ0) is 21.1. The maximum absolute atomic E-state index is 13.1. The predicted molar refractivity (Wildman–Crippen MR) is 109 cm³/mol. The molecular weight excluding hydrogens is 380 g/mol. The second-order valence-corrected chi connectivity index (χ2v) is 9.09. The van der Waals surface area contributed by atoms with Gasteiger partial charge in [0.2, 0.25) is 5.91 Å². The number of rotatable bonds is 8. The van der Waals surface area contributed by atoms with Crippen molar-refractivity contribution in [2.45, 2.75) is 46.2 Å². The molecule has 0 bridgehead atoms. The number of carbonyl (C=O) groups is 1. The SMILES string of the molecule is CCN(CC)S(=O)(=O)N1CCC[C@@H]1c1nc(CN(C)C(C)=O)cc(N(C)C)n1. The van der Waals surface area contributed by atoms with Crippen molar-refractivity contribution in [2.75, 3.05) is 45.7 Å². The molecule has 9 nitrogen and oxygen atoms in total. The third-order valence-electron chi connectivity index (χ3n) is 5.01. The fraction of sp³-hybridized carbons (Fsp3) is 0.722. The number of amides is 1. The Bertz CT molecular complexity index is 795. The Morgan fingerprint density at radius 1 is 1.21 bits per heavy atom. The first-order chi connectivity index (χ1) is 13.1. The minimum atomic E-state index is -3.57. The molecule has 0 saturated carbocycles. The van der Waals surface area contributed by atoms with Crippen molar-refractivity contribution in [3.8, 4) is 0 Å². The molecule has 1 aromatic heterocycles. The van der Waals surface area contributed by atoms with Gasteiger partial charge in [0, 0.05) is 53.8 Å². The monoisotopic (exact) mass is 412 g/mol. The van der Waals surface area contributed by atoms with E-state index < -0.39 is 16.3 Å². The van der Waals surface area contributed by atoms with Gasteiger partial charge in [0.1, 0.15) is 11.6 Å². The summed E-state index contributed by atoms with van der Waals surface area (Å²) in [6.07, 6.45) is 1.45. The molecule has 0 aromatic carbocycles. The van der Waals surface area contributed by atoms with Crippen molar-refractivity contribution in [1.82, 2.24) is 23.5 Å². The molecule has 1 saturated heterocycles. The van der Waals surface area contributed by atoms with Gasteiger partial charge in [-0.3, -0.25) is 4.79 Å². The molecule has 1 aliphatic rings. The summed E-state index contributed by atoms with van der Waals surface area (Å²) in [4.78, 5) is 24.3. The summed E-state index contributed by atoms with van der Waals surface area (Å²) in [6, 6.07) is 1.44. The Labute approximate surface area is 168 Å². The van der Waals surface area contributed by atoms with Crippen LogP contribution in [0.25, 0.3) is 0 Å². The lowest BCUT2D eigenvalue weighted by molar-refractivity contribution is -0.128. The van der Waals surface area contributed by atoms with E-state index in [-0.39, 0.29) is 5.91 Å². The van der Waals surface area contributed by atoms with Crippen molar-refractivity contribution >= 4 is 21.9 Å². The average molecular weight is 413 g/mol. The van der Waals surface area contributed by atoms with E-state index in [1.165, 1.54) is 15.5 Å². The number of hydrogen-bond donors (Lipinski definition) is 0. The van der Waals surface area contributed by atoms with E-state index >= 15 is 0 Å². The summed E-state index contributed by atoms with van der Waals surface area (Å²) in [5.41, 5.74) is 0.693. The number of anilines is 1. The van der Waals surface area contributed by atoms with Crippen molar-refractivity contribution in [2.24, 2.45) is 0 Å². The van der Waals surface area contributed by atoms with Crippen molar-refractivity contribution in [3.05, 3.63) is 17.6 Å². The lowest BCUT2D eigenvalue weighted by atomic mass is 10.2. The van der Waals surface area contributed by atoms with Gasteiger partial charge in [0.25, 0.3) is 10.2 Å². The van der Waals surface area contributed by atoms with Gasteiger partial charge in [-0.1, -0.05) is 13.8 Å². The largest absolute Gasteiger partial charge is 0.363 e. The average Bonchev–Trinajstić information content (AvgIpc) is 3.12. The van der Waals surface area contributed by atoms with Gasteiger partial charge < -0.3 is 9.80 Å². The van der Waals surface area contributed by atoms with Gasteiger partial charge in [-0.15, -0.1) is 0 Å². The summed E-state index contributed by atoms with van der Waals surface area (Å²) in [6.45, 7) is 6.84. The van der Waals surface area contributed by atoms with E-state index in [0.29, 0.717) is 49.9 Å². The number of carbonyl (C=O) groups excluding carboxylic acids is 1. The van der Waals surface area contributed by atoms with Gasteiger partial charge in [-0.2, -0.15) is 17.0 Å². The molecule has 1 aromatic rings. The van der Waals surface area contributed by atoms with E-state index in [9.17, 15) is 13.2 Å². The highest BCUT2D eigenvalue weighted by molar-refractivity contribution is 7.86. The molecule has 0 N–H and O–H groups in total. The maximum atomic E-state index is 13.1. The summed E-state index contributed by atoms with van der Waals surface area (Å²) >= 11 is 0. The minimum Gasteiger partial charge on any atom is -0.363 e. The summed E-state index contributed by atoms with van der Waals surface area (Å²) in [5, 5.41) is 0. The zero-order valence-corrected chi connectivity index (χ0v) is 18.5. The smallest absolute Gasteiger partial charge is 0.282 e. The van der Waals surface area contributed by atoms with Crippen molar-refractivity contribution < 1.29 is 13.2 Å². The molecule has 0 aliphatic carbocycles. The van der Waals surface area contributed by atoms with Crippen LogP contribution in [0.5, 0.6) is 0 Å². The van der Waals surface area contributed by atoms with Crippen LogP contribution in [0.15, 0.2) is 6.07 Å². The molecule has 1 atom stereocenters. The van der Waals surface area contributed by atoms with E-state index in [1.54, 1.807) is 11.9 Å². The fourth-order valence-electron chi connectivity index (χ4n) is 3.29. The van der Waals surface area contributed by atoms with Crippen LogP contribution in [0, 0.1) is 0 Å². The van der Waals surface area contributed by atoms with Crippen LogP contribution >= 0.6 is 0 Å². The molecular formula is C18H32N6O3S. The second-order valence-electron chi connectivity index (χ2n) is 7.21. The van der Waals surface area contributed by atoms with Gasteiger partial charge in [0.15, 0.2) is 0 Å². The molecule has 1 aliphatic heterocycles. The third kappa shape index (κ3) is 4.79. The van der Waals surface area contributed by atoms with Crippen LogP contribution in [-0.4, -0.2) is 78.6 Å². The van der Waals surface area contributed by atoms with Crippen molar-refractivity contribution in [3.63, 3.8) is 0 Å². The highest BCUT2D eigenvalue weighted by Crippen LogP contribution is 2.34. The van der Waals surface area contributed by atoms with Crippen LogP contribution in [0.2, 0.25) is 0 Å². The molecule has 0 spiro atoms. The van der Waals surface area contributed by atoms with Crippen LogP contribution in [0.3, 0.4) is 0 Å². The Morgan fingerprint density at radius 2 is 1.86 bits per heavy atom. The minimum absolute atomic E-state index is 0.0573. The van der Waals surface area contributed by atoms with Crippen LogP contribution in [0.4, 0.5) is 5.82 Å². The van der Waals surface area contributed by atoms with Crippen molar-refractivity contribution in [1.29, 1.82) is 0 Å². The van der Waals surface area contributed by atoms with Gasteiger partial charge >= 0.3 is 0 Å². The molecule has 10 heteroatoms. The number of nitrogens with zero attached hydrogens (tertiary/aromatic N) is 6. The summed E-state index contributed by atoms with van der Waals surface area (Å²) < 4.78 is 29.2. The van der Waals surface area contributed by atoms with E-state index in [0.717, 1.165) is 6.42 Å². The number of aromatic nitrogens is 2. The standard InChI is InChI=1S/C18H32N6O3S/c1-7-23(8-2)28(26,27)24-11-9-10-16(24)18-19-15(13-22(6)14(3)25)12-17(20-18)21(4)5/h12,16H,7-11,13H2,1-6H3/t16-/m1/s1. The Morgan fingerprint density at radius 3 is 2.39 bits per heavy atom. The molecule has 2 heterocycles. The van der Waals surface area contributed by atoms with Gasteiger partial charge in [0.05, 0.1) is 18.3 Å². The third-order valence-corrected chi connectivity index (χ3v) is 7.21. The molecule has 2 rings (SSSR count). The fourth-order valence-corrected chi connectivity index (χ4v) is 5.12. The lowest BCUT2D eigenvalue weighted by Gasteiger charge is -2.29. The zero-order valence-electron chi connectivity index (χ0n) is 17.7. The highest BCUT2D eigenvalue weighted by atomic mass is 32.2. The van der Waals surface area contributed by atoms with Gasteiger partial charge in [-0.05, 0) is 12.8 Å². The quantitative estimate of drug-likeness (QED) is 0.638. The maximum Gasteiger partial charge on any atom is 0.282 e. The van der Waals surface area contributed by atoms with Crippen LogP contribution in [-0.2, 0) is 21.5 Å². The first kappa shape index (κ1) is 22.5. The van der Waals surface area contributed by atoms with E-state index in [2.05, 4.69) is 9.97 Å². The Hall–Kier alpha value is -1.78. The molecule has 1 fully saturated rings. The molecule has 1 amide bonds. The predicted octanol–water partition coefficient (Wildman–Crippen LogP) is 1.24. The first-order valence-corrected chi connectivity index (χ1v) is 11.0. The first-order valence-electron chi connectivity index (χ1n) is 9.65. The highest BCUT2D eigenvalue weighted by Gasteiger charge is 2.39. The molecule has 0 unspecified atom stereocenters. The number of hydrogen-bond acceptors (Lipinski definition) is 6. The molecule has 28 heavy (non-hydrogen) atoms. The van der Waals surface area contributed by atoms with Gasteiger partial charge in [-0.25, -0.2) is 9.97 Å². The topological polar surface area (TPSA) is 90.0 Å². The Balaban J connectivity index is 2.44. The summed E-state index contributed by atoms with van der Waals surface area (Å²) in [5.74, 6) is 1.13. The molecule has 0 radical (unpaired) electrons. The summed E-state index contributed by atoms with van der Waals surface area (Å²) in [7, 11) is 1.90. The van der Waals surface area contributed by atoms with E-state index in [4.69, 9.17) is 0 Å². The lowest BCUT2D eigenvalue weighted by Crippen LogP contribution is -2.43. The second kappa shape index (κ2) is 9.15. The normalized spacial score (nSPS) is 17.9.